The van der Waals surface area contributed by atoms with Crippen LogP contribution in [0.2, 0.25) is 0 Å². The largest absolute Gasteiger partial charge is 1.00 e. The Hall–Kier alpha value is -2.40. The van der Waals surface area contributed by atoms with Gasteiger partial charge in [0.05, 0.1) is 6.04 Å². The van der Waals surface area contributed by atoms with E-state index in [0.717, 1.165) is 44.0 Å². The van der Waals surface area contributed by atoms with Crippen molar-refractivity contribution in [2.24, 2.45) is 5.73 Å². The SMILES string of the molecule is CC(=O)O.CCCC(=O)CO.CCCc1c[nH]c(=S)n1[C@H]1COc2c(F)cc(F)cc2C1.N#C[S-].N[C@H]1COc2c(F)cc(F)cc2C1.[K+]. The van der Waals surface area contributed by atoms with Gasteiger partial charge in [-0.05, 0) is 43.6 Å². The topological polar surface area (TPSA) is 164 Å². The molecule has 0 saturated carbocycles. The first-order chi connectivity index (χ1) is 22.7. The number of thiocyanates is 1. The number of aliphatic hydroxyl groups is 1. The maximum absolute atomic E-state index is 13.7. The number of nitriles is 1. The zero-order valence-corrected chi connectivity index (χ0v) is 32.5. The Morgan fingerprint density at radius 1 is 1.04 bits per heavy atom. The number of nitrogens with one attached hydrogen (secondary N) is 1. The van der Waals surface area contributed by atoms with E-state index in [4.69, 9.17) is 47.7 Å². The van der Waals surface area contributed by atoms with Gasteiger partial charge in [-0.3, -0.25) is 9.59 Å². The van der Waals surface area contributed by atoms with Crippen LogP contribution in [0, 0.1) is 38.7 Å². The monoisotopic (exact) mass is 754 g/mol. The smallest absolute Gasteiger partial charge is 0.696 e. The summed E-state index contributed by atoms with van der Waals surface area (Å²) in [5.74, 6) is -3.06. The van der Waals surface area contributed by atoms with Crippen molar-refractivity contribution < 1.29 is 98.2 Å². The molecule has 0 saturated heterocycles. The number of ketones is 1. The summed E-state index contributed by atoms with van der Waals surface area (Å²) in [6.07, 6.45) is 6.11. The number of carbonyl (C=O) groups is 2. The maximum Gasteiger partial charge on any atom is 1.00 e. The number of aromatic nitrogens is 2. The van der Waals surface area contributed by atoms with Crippen LogP contribution < -0.4 is 66.6 Å². The fraction of sp³-hybridized carbons (Fsp3) is 0.438. The van der Waals surface area contributed by atoms with Gasteiger partial charge in [0.2, 0.25) is 0 Å². The number of imidazole rings is 1. The predicted octanol–water partition coefficient (Wildman–Crippen LogP) is 2.64. The van der Waals surface area contributed by atoms with Gasteiger partial charge in [0.15, 0.2) is 33.7 Å². The second kappa shape index (κ2) is 24.7. The molecular formula is C32H39F4KN4O6S2. The van der Waals surface area contributed by atoms with Crippen molar-refractivity contribution in [3.63, 3.8) is 0 Å². The summed E-state index contributed by atoms with van der Waals surface area (Å²) in [6.45, 7) is 5.41. The molecule has 5 rings (SSSR count). The number of H-pyrrole nitrogens is 1. The van der Waals surface area contributed by atoms with Crippen LogP contribution >= 0.6 is 12.2 Å². The molecule has 10 nitrogen and oxygen atoms in total. The van der Waals surface area contributed by atoms with Gasteiger partial charge in [-0.1, -0.05) is 25.7 Å². The minimum Gasteiger partial charge on any atom is -0.696 e. The number of nitrogens with two attached hydrogens (primary N) is 1. The van der Waals surface area contributed by atoms with E-state index in [1.54, 1.807) is 0 Å². The average Bonchev–Trinajstić information content (AvgIpc) is 3.37. The van der Waals surface area contributed by atoms with Gasteiger partial charge in [0.1, 0.15) is 31.5 Å². The molecular weight excluding hydrogens is 716 g/mol. The van der Waals surface area contributed by atoms with E-state index < -0.39 is 29.2 Å². The Bertz CT molecular complexity index is 1600. The van der Waals surface area contributed by atoms with E-state index in [1.807, 2.05) is 17.7 Å². The van der Waals surface area contributed by atoms with Crippen molar-refractivity contribution in [2.75, 3.05) is 19.8 Å². The molecule has 5 N–H and O–H groups in total. The Morgan fingerprint density at radius 2 is 1.53 bits per heavy atom. The standard InChI is InChI=1S/C15H16F2N2OS.C9H9F2NO.C5H10O2.C2H4O2.CHNS.K/c1-2-3-11-7-18-15(21)19(11)12-5-9-4-10(16)6-13(17)14(9)20-8-12;10-6-1-5-2-7(12)4-13-9(5)8(11)3-6;1-2-3-5(7)4-6;1-2(3)4;2-1-3;/h4,6-7,12H,2-3,5,8H2,1H3,(H,18,21);1,3,7H,2,4,12H2;6H,2-4H2,1H3;1H3,(H,3,4);3H;/q;;;;;+1/p-1/t12-;7-;;;;/m11..../s1. The average molecular weight is 755 g/mol. The molecule has 2 aliphatic rings. The van der Waals surface area contributed by atoms with Gasteiger partial charge in [0.25, 0.3) is 5.97 Å². The summed E-state index contributed by atoms with van der Waals surface area (Å²) >= 11 is 9.02. The predicted molar refractivity (Wildman–Crippen MR) is 175 cm³/mol. The van der Waals surface area contributed by atoms with Crippen molar-refractivity contribution in [1.82, 2.24) is 9.55 Å². The van der Waals surface area contributed by atoms with Crippen LogP contribution in [0.1, 0.15) is 62.9 Å². The van der Waals surface area contributed by atoms with Crippen molar-refractivity contribution in [3.8, 4) is 16.9 Å². The fourth-order valence-corrected chi connectivity index (χ4v) is 4.99. The number of hydrogen-bond acceptors (Lipinski definition) is 9. The number of aliphatic hydroxyl groups excluding tert-OH is 1. The normalized spacial score (nSPS) is 14.9. The van der Waals surface area contributed by atoms with Crippen LogP contribution in [0.3, 0.4) is 0 Å². The second-order valence-electron chi connectivity index (χ2n) is 10.5. The summed E-state index contributed by atoms with van der Waals surface area (Å²) < 4.78 is 66.0. The van der Waals surface area contributed by atoms with Gasteiger partial charge in [-0.2, -0.15) is 0 Å². The number of ether oxygens (including phenoxy) is 2. The molecule has 1 aromatic heterocycles. The first-order valence-electron chi connectivity index (χ1n) is 14.8. The summed E-state index contributed by atoms with van der Waals surface area (Å²) in [5.41, 5.74) is 7.73. The second-order valence-corrected chi connectivity index (χ2v) is 11.0. The van der Waals surface area contributed by atoms with Crippen molar-refractivity contribution in [1.29, 1.82) is 5.26 Å². The van der Waals surface area contributed by atoms with Gasteiger partial charge in [-0.25, -0.2) is 22.8 Å². The Labute approximate surface area is 335 Å². The third-order valence-corrected chi connectivity index (χ3v) is 6.75. The number of halogens is 4. The molecule has 2 atom stereocenters. The summed E-state index contributed by atoms with van der Waals surface area (Å²) in [6, 6.07) is 4.05. The quantitative estimate of drug-likeness (QED) is 0.0968. The summed E-state index contributed by atoms with van der Waals surface area (Å²) in [5, 5.41) is 24.0. The van der Waals surface area contributed by atoms with Crippen LogP contribution in [0.4, 0.5) is 17.6 Å². The van der Waals surface area contributed by atoms with Gasteiger partial charge >= 0.3 is 51.4 Å². The molecule has 264 valence electrons. The Kier molecular flexibility index (Phi) is 23.5. The number of carboxylic acids is 1. The summed E-state index contributed by atoms with van der Waals surface area (Å²) in [7, 11) is 0. The minimum atomic E-state index is -0.833. The van der Waals surface area contributed by atoms with Crippen molar-refractivity contribution in [2.45, 2.75) is 71.4 Å². The van der Waals surface area contributed by atoms with E-state index in [2.05, 4.69) is 24.5 Å². The van der Waals surface area contributed by atoms with Crippen LogP contribution in [0.15, 0.2) is 30.5 Å². The zero-order chi connectivity index (χ0) is 36.4. The summed E-state index contributed by atoms with van der Waals surface area (Å²) in [4.78, 5) is 22.2. The Balaban J connectivity index is 0.000000702. The molecule has 0 unspecified atom stereocenters. The zero-order valence-electron chi connectivity index (χ0n) is 27.7. The number of Topliss-reactive ketones (excluding diaryl/α,β-unsaturated/α-hetero) is 1. The Morgan fingerprint density at radius 3 is 1.98 bits per heavy atom. The number of aliphatic carboxylic acids is 1. The third-order valence-electron chi connectivity index (χ3n) is 6.44. The number of aryl methyl sites for hydroxylation is 1. The van der Waals surface area contributed by atoms with Crippen molar-refractivity contribution in [3.05, 3.63) is 75.3 Å². The number of benzene rings is 2. The number of hydrogen-bond donors (Lipinski definition) is 4. The molecule has 0 fully saturated rings. The molecule has 0 bridgehead atoms. The third kappa shape index (κ3) is 16.4. The van der Waals surface area contributed by atoms with Crippen LogP contribution in [0.25, 0.3) is 0 Å². The van der Waals surface area contributed by atoms with E-state index >= 15 is 0 Å². The van der Waals surface area contributed by atoms with Crippen molar-refractivity contribution >= 4 is 36.6 Å². The van der Waals surface area contributed by atoms with Crippen LogP contribution in [-0.2, 0) is 41.5 Å². The molecule has 49 heavy (non-hydrogen) atoms. The van der Waals surface area contributed by atoms with E-state index in [1.165, 1.54) is 17.5 Å². The van der Waals surface area contributed by atoms with Gasteiger partial charge in [0, 0.05) is 61.0 Å². The molecule has 17 heteroatoms. The maximum atomic E-state index is 13.7. The number of carbonyl (C=O) groups excluding carboxylic acids is 1. The number of rotatable bonds is 6. The molecule has 3 heterocycles. The molecule has 2 aromatic carbocycles. The fourth-order valence-electron chi connectivity index (χ4n) is 4.67. The van der Waals surface area contributed by atoms with Crippen LogP contribution in [-0.4, -0.2) is 57.4 Å². The number of aromatic amines is 1. The first-order valence-corrected chi connectivity index (χ1v) is 15.6. The van der Waals surface area contributed by atoms with Gasteiger partial charge in [-0.15, -0.1) is 0 Å². The minimum absolute atomic E-state index is 0. The molecule has 0 radical (unpaired) electrons. The number of carboxylic acid groups (broad SMARTS) is 1. The molecule has 3 aromatic rings. The van der Waals surface area contributed by atoms with E-state index in [-0.39, 0.29) is 94.0 Å². The van der Waals surface area contributed by atoms with Crippen LogP contribution in [0.5, 0.6) is 11.5 Å². The number of fused-ring (bicyclic) bond motifs is 2. The molecule has 0 amide bonds. The van der Waals surface area contributed by atoms with E-state index in [9.17, 15) is 22.4 Å². The molecule has 0 spiro atoms. The number of nitrogens with zero attached hydrogens (tertiary/aromatic N) is 2. The molecule has 0 aliphatic carbocycles. The van der Waals surface area contributed by atoms with Gasteiger partial charge < -0.3 is 47.6 Å². The van der Waals surface area contributed by atoms with E-state index in [0.29, 0.717) is 41.8 Å². The first kappa shape index (κ1) is 46.6. The molecule has 2 aliphatic heterocycles.